The second kappa shape index (κ2) is 6.43. The molecule has 4 N–H and O–H groups in total. The SMILES string of the molecule is Nc1ccc(S(=O)(=O)NCC2CCCCC2O)c(Br)c1. The lowest BCUT2D eigenvalue weighted by Crippen LogP contribution is -2.36. The summed E-state index contributed by atoms with van der Waals surface area (Å²) in [7, 11) is -3.59. The molecule has 1 aliphatic carbocycles. The van der Waals surface area contributed by atoms with Crippen LogP contribution in [0.25, 0.3) is 0 Å². The van der Waals surface area contributed by atoms with E-state index in [1.54, 1.807) is 12.1 Å². The molecule has 0 amide bonds. The Morgan fingerprint density at radius 2 is 2.05 bits per heavy atom. The lowest BCUT2D eigenvalue weighted by molar-refractivity contribution is 0.0724. The summed E-state index contributed by atoms with van der Waals surface area (Å²) in [5.74, 6) is -0.00826. The highest BCUT2D eigenvalue weighted by atomic mass is 79.9. The summed E-state index contributed by atoms with van der Waals surface area (Å²) >= 11 is 3.21. The first-order valence-corrected chi connectivity index (χ1v) is 8.90. The lowest BCUT2D eigenvalue weighted by Gasteiger charge is -2.27. The largest absolute Gasteiger partial charge is 0.399 e. The summed E-state index contributed by atoms with van der Waals surface area (Å²) in [5, 5.41) is 9.87. The second-order valence-electron chi connectivity index (χ2n) is 5.15. The van der Waals surface area contributed by atoms with Crippen molar-refractivity contribution in [3.8, 4) is 0 Å². The van der Waals surface area contributed by atoms with Crippen LogP contribution in [-0.4, -0.2) is 26.2 Å². The fourth-order valence-electron chi connectivity index (χ4n) is 2.46. The predicted octanol–water partition coefficient (Wildman–Crippen LogP) is 1.86. The van der Waals surface area contributed by atoms with E-state index in [0.29, 0.717) is 10.2 Å². The molecule has 1 aromatic carbocycles. The molecule has 112 valence electrons. The molecule has 2 rings (SSSR count). The number of nitrogens with one attached hydrogen (secondary N) is 1. The Labute approximate surface area is 127 Å². The summed E-state index contributed by atoms with van der Waals surface area (Å²) in [6, 6.07) is 4.58. The van der Waals surface area contributed by atoms with E-state index in [2.05, 4.69) is 20.7 Å². The van der Waals surface area contributed by atoms with Crippen molar-refractivity contribution in [2.75, 3.05) is 12.3 Å². The van der Waals surface area contributed by atoms with Crippen molar-refractivity contribution in [3.05, 3.63) is 22.7 Å². The molecule has 5 nitrogen and oxygen atoms in total. The van der Waals surface area contributed by atoms with Gasteiger partial charge in [-0.05, 0) is 52.9 Å². The van der Waals surface area contributed by atoms with Gasteiger partial charge in [0.1, 0.15) is 0 Å². The van der Waals surface area contributed by atoms with Gasteiger partial charge in [0.05, 0.1) is 11.0 Å². The molecule has 0 aliphatic heterocycles. The number of benzene rings is 1. The highest BCUT2D eigenvalue weighted by Crippen LogP contribution is 2.26. The number of hydrogen-bond donors (Lipinski definition) is 3. The molecule has 1 saturated carbocycles. The maximum atomic E-state index is 12.3. The van der Waals surface area contributed by atoms with E-state index in [4.69, 9.17) is 5.73 Å². The van der Waals surface area contributed by atoms with Gasteiger partial charge in [-0.3, -0.25) is 0 Å². The zero-order valence-electron chi connectivity index (χ0n) is 11.0. The van der Waals surface area contributed by atoms with Gasteiger partial charge in [0.15, 0.2) is 0 Å². The molecular formula is C13H19BrN2O3S. The van der Waals surface area contributed by atoms with E-state index >= 15 is 0 Å². The molecule has 7 heteroatoms. The van der Waals surface area contributed by atoms with Crippen LogP contribution in [0, 0.1) is 5.92 Å². The van der Waals surface area contributed by atoms with Gasteiger partial charge in [0.25, 0.3) is 0 Å². The number of nitrogen functional groups attached to an aromatic ring is 1. The van der Waals surface area contributed by atoms with Crippen LogP contribution in [0.2, 0.25) is 0 Å². The topological polar surface area (TPSA) is 92.4 Å². The number of halogens is 1. The Hall–Kier alpha value is -0.630. The molecule has 0 bridgehead atoms. The molecule has 1 fully saturated rings. The van der Waals surface area contributed by atoms with Gasteiger partial charge in [-0.1, -0.05) is 12.8 Å². The third-order valence-electron chi connectivity index (χ3n) is 3.65. The molecule has 1 aromatic rings. The molecule has 2 atom stereocenters. The minimum atomic E-state index is -3.59. The van der Waals surface area contributed by atoms with E-state index in [1.165, 1.54) is 6.07 Å². The number of sulfonamides is 1. The Balaban J connectivity index is 2.07. The third kappa shape index (κ3) is 3.72. The summed E-state index contributed by atoms with van der Waals surface area (Å²) < 4.78 is 27.5. The summed E-state index contributed by atoms with van der Waals surface area (Å²) in [6.45, 7) is 0.264. The van der Waals surface area contributed by atoms with Crippen LogP contribution in [-0.2, 0) is 10.0 Å². The zero-order chi connectivity index (χ0) is 14.8. The lowest BCUT2D eigenvalue weighted by atomic mass is 9.87. The number of hydrogen-bond acceptors (Lipinski definition) is 4. The first-order valence-electron chi connectivity index (χ1n) is 6.63. The van der Waals surface area contributed by atoms with E-state index in [-0.39, 0.29) is 17.4 Å². The van der Waals surface area contributed by atoms with Crippen molar-refractivity contribution in [2.45, 2.75) is 36.7 Å². The van der Waals surface area contributed by atoms with Gasteiger partial charge < -0.3 is 10.8 Å². The standard InChI is InChI=1S/C13H19BrN2O3S/c14-11-7-10(15)5-6-13(11)20(18,19)16-8-9-3-1-2-4-12(9)17/h5-7,9,12,16-17H,1-4,8,15H2. The number of nitrogens with two attached hydrogens (primary N) is 1. The summed E-state index contributed by atoms with van der Waals surface area (Å²) in [5.41, 5.74) is 6.10. The van der Waals surface area contributed by atoms with Crippen LogP contribution < -0.4 is 10.5 Å². The molecule has 0 saturated heterocycles. The van der Waals surface area contributed by atoms with Gasteiger partial charge in [0.2, 0.25) is 10.0 Å². The van der Waals surface area contributed by atoms with Gasteiger partial charge >= 0.3 is 0 Å². The smallest absolute Gasteiger partial charge is 0.241 e. The minimum Gasteiger partial charge on any atom is -0.399 e. The Morgan fingerprint density at radius 1 is 1.35 bits per heavy atom. The van der Waals surface area contributed by atoms with Crippen LogP contribution in [0.15, 0.2) is 27.6 Å². The maximum absolute atomic E-state index is 12.3. The van der Waals surface area contributed by atoms with E-state index in [0.717, 1.165) is 25.7 Å². The van der Waals surface area contributed by atoms with Crippen LogP contribution >= 0.6 is 15.9 Å². The number of rotatable bonds is 4. The molecule has 0 aromatic heterocycles. The highest BCUT2D eigenvalue weighted by Gasteiger charge is 2.25. The van der Waals surface area contributed by atoms with Crippen molar-refractivity contribution in [1.29, 1.82) is 0 Å². The summed E-state index contributed by atoms with van der Waals surface area (Å²) in [6.07, 6.45) is 3.23. The monoisotopic (exact) mass is 362 g/mol. The molecule has 1 aliphatic rings. The Kier molecular flexibility index (Phi) is 5.06. The fourth-order valence-corrected chi connectivity index (χ4v) is 4.64. The summed E-state index contributed by atoms with van der Waals surface area (Å²) in [4.78, 5) is 0.164. The van der Waals surface area contributed by atoms with Crippen molar-refractivity contribution >= 4 is 31.6 Å². The molecule has 0 radical (unpaired) electrons. The highest BCUT2D eigenvalue weighted by molar-refractivity contribution is 9.10. The normalized spacial score (nSPS) is 23.7. The molecular weight excluding hydrogens is 344 g/mol. The molecule has 20 heavy (non-hydrogen) atoms. The predicted molar refractivity (Wildman–Crippen MR) is 81.7 cm³/mol. The average molecular weight is 363 g/mol. The van der Waals surface area contributed by atoms with Crippen LogP contribution in [0.4, 0.5) is 5.69 Å². The second-order valence-corrected chi connectivity index (χ2v) is 7.74. The zero-order valence-corrected chi connectivity index (χ0v) is 13.5. The van der Waals surface area contributed by atoms with E-state index < -0.39 is 16.1 Å². The van der Waals surface area contributed by atoms with Crippen molar-refractivity contribution < 1.29 is 13.5 Å². The van der Waals surface area contributed by atoms with Crippen LogP contribution in [0.3, 0.4) is 0 Å². The fraction of sp³-hybridized carbons (Fsp3) is 0.538. The number of aliphatic hydroxyl groups excluding tert-OH is 1. The number of aliphatic hydroxyl groups is 1. The average Bonchev–Trinajstić information content (AvgIpc) is 2.37. The Morgan fingerprint density at radius 3 is 2.70 bits per heavy atom. The third-order valence-corrected chi connectivity index (χ3v) is 6.05. The van der Waals surface area contributed by atoms with Gasteiger partial charge in [-0.15, -0.1) is 0 Å². The quantitative estimate of drug-likeness (QED) is 0.712. The van der Waals surface area contributed by atoms with Gasteiger partial charge in [0, 0.05) is 16.7 Å². The van der Waals surface area contributed by atoms with Gasteiger partial charge in [-0.2, -0.15) is 0 Å². The Bertz CT molecular complexity index is 577. The molecule has 0 spiro atoms. The minimum absolute atomic E-state index is 0.00826. The first kappa shape index (κ1) is 15.8. The van der Waals surface area contributed by atoms with Gasteiger partial charge in [-0.25, -0.2) is 13.1 Å². The number of anilines is 1. The van der Waals surface area contributed by atoms with E-state index in [9.17, 15) is 13.5 Å². The van der Waals surface area contributed by atoms with Crippen LogP contribution in [0.1, 0.15) is 25.7 Å². The van der Waals surface area contributed by atoms with Crippen LogP contribution in [0.5, 0.6) is 0 Å². The molecule has 2 unspecified atom stereocenters. The van der Waals surface area contributed by atoms with E-state index in [1.807, 2.05) is 0 Å². The maximum Gasteiger partial charge on any atom is 0.241 e. The van der Waals surface area contributed by atoms with Crippen molar-refractivity contribution in [2.24, 2.45) is 5.92 Å². The van der Waals surface area contributed by atoms with Crippen molar-refractivity contribution in [1.82, 2.24) is 4.72 Å². The van der Waals surface area contributed by atoms with Crippen molar-refractivity contribution in [3.63, 3.8) is 0 Å². The first-order chi connectivity index (χ1) is 9.40. The molecule has 0 heterocycles.